The second kappa shape index (κ2) is 10.2. The Balaban J connectivity index is 1.53. The highest BCUT2D eigenvalue weighted by Gasteiger charge is 2.56. The fraction of sp³-hybridized carbons (Fsp3) is 0.393. The monoisotopic (exact) mass is 493 g/mol. The number of amides is 3. The van der Waals surface area contributed by atoms with Gasteiger partial charge in [0.05, 0.1) is 31.7 Å². The summed E-state index contributed by atoms with van der Waals surface area (Å²) in [5.41, 5.74) is 3.29. The van der Waals surface area contributed by atoms with Gasteiger partial charge in [0.25, 0.3) is 0 Å². The van der Waals surface area contributed by atoms with E-state index < -0.39 is 48.4 Å². The quantitative estimate of drug-likeness (QED) is 0.413. The summed E-state index contributed by atoms with van der Waals surface area (Å²) >= 11 is 0. The zero-order valence-electron chi connectivity index (χ0n) is 20.6. The van der Waals surface area contributed by atoms with Crippen molar-refractivity contribution in [3.8, 4) is 5.75 Å². The van der Waals surface area contributed by atoms with Crippen molar-refractivity contribution in [2.24, 2.45) is 17.8 Å². The number of allylic oxidation sites excluding steroid dienone is 2. The van der Waals surface area contributed by atoms with Gasteiger partial charge in [-0.3, -0.25) is 9.59 Å². The van der Waals surface area contributed by atoms with E-state index in [2.05, 4.69) is 4.74 Å². The molecule has 1 aliphatic carbocycles. The maximum Gasteiger partial charge on any atom is 0.423 e. The summed E-state index contributed by atoms with van der Waals surface area (Å²) in [6.07, 6.45) is 1.22. The molecule has 3 amide bonds. The van der Waals surface area contributed by atoms with Crippen LogP contribution >= 0.6 is 0 Å². The van der Waals surface area contributed by atoms with Crippen LogP contribution in [0.2, 0.25) is 0 Å². The number of aromatic hydroxyl groups is 1. The molecule has 2 aliphatic rings. The zero-order chi connectivity index (χ0) is 26.1. The largest absolute Gasteiger partial charge is 0.507 e. The summed E-state index contributed by atoms with van der Waals surface area (Å²) < 4.78 is 4.60. The van der Waals surface area contributed by atoms with Crippen molar-refractivity contribution >= 4 is 34.8 Å². The molecule has 8 nitrogen and oxygen atoms in total. The number of fused-ring (bicyclic) bond motifs is 2. The molecule has 0 aromatic heterocycles. The molecular formula is C28H31NO7. The van der Waals surface area contributed by atoms with E-state index in [1.54, 1.807) is 13.0 Å². The highest BCUT2D eigenvalue weighted by molar-refractivity contribution is 6.16. The Hall–Kier alpha value is -3.49. The van der Waals surface area contributed by atoms with Crippen molar-refractivity contribution in [3.63, 3.8) is 0 Å². The molecule has 2 aromatic carbocycles. The van der Waals surface area contributed by atoms with Crippen LogP contribution in [0.3, 0.4) is 0 Å². The number of ether oxygens (including phenoxy) is 1. The van der Waals surface area contributed by atoms with Crippen molar-refractivity contribution in [1.29, 1.82) is 0 Å². The lowest BCUT2D eigenvalue weighted by Crippen LogP contribution is -2.39. The van der Waals surface area contributed by atoms with E-state index in [0.29, 0.717) is 23.3 Å². The number of likely N-dealkylation sites (tertiary alicyclic amines) is 1. The normalized spacial score (nSPS) is 23.3. The SMILES string of the molecule is COC(=O)N1C(=O)[C@@H]2[C@@H](CC(C)=C([C@H](O)CC/C(C)=C/c3ccc(O)c4ccccc34)[C@@H]2CO)C1=O. The minimum Gasteiger partial charge on any atom is -0.507 e. The van der Waals surface area contributed by atoms with Crippen LogP contribution in [-0.2, 0) is 14.3 Å². The fourth-order valence-electron chi connectivity index (χ4n) is 5.68. The Morgan fingerprint density at radius 2 is 1.86 bits per heavy atom. The van der Waals surface area contributed by atoms with Gasteiger partial charge in [0.2, 0.25) is 11.8 Å². The smallest absolute Gasteiger partial charge is 0.423 e. The molecule has 1 fully saturated rings. The van der Waals surface area contributed by atoms with Crippen molar-refractivity contribution in [2.45, 2.75) is 39.2 Å². The van der Waals surface area contributed by atoms with Gasteiger partial charge < -0.3 is 20.1 Å². The molecule has 0 saturated carbocycles. The molecule has 4 rings (SSSR count). The van der Waals surface area contributed by atoms with E-state index in [1.807, 2.05) is 43.3 Å². The summed E-state index contributed by atoms with van der Waals surface area (Å²) in [6, 6.07) is 11.1. The molecule has 190 valence electrons. The maximum absolute atomic E-state index is 13.0. The van der Waals surface area contributed by atoms with E-state index in [1.165, 1.54) is 0 Å². The minimum absolute atomic E-state index is 0.217. The van der Waals surface area contributed by atoms with Crippen LogP contribution in [0.25, 0.3) is 16.8 Å². The van der Waals surface area contributed by atoms with Crippen LogP contribution in [0.1, 0.15) is 38.7 Å². The number of hydrogen-bond donors (Lipinski definition) is 3. The number of methoxy groups -OCH3 is 1. The van der Waals surface area contributed by atoms with Gasteiger partial charge in [0, 0.05) is 11.3 Å². The first-order valence-electron chi connectivity index (χ1n) is 12.0. The van der Waals surface area contributed by atoms with Crippen LogP contribution in [-0.4, -0.2) is 57.9 Å². The van der Waals surface area contributed by atoms with E-state index >= 15 is 0 Å². The van der Waals surface area contributed by atoms with Gasteiger partial charge in [-0.1, -0.05) is 47.6 Å². The van der Waals surface area contributed by atoms with Gasteiger partial charge in [0.1, 0.15) is 5.75 Å². The van der Waals surface area contributed by atoms with Crippen molar-refractivity contribution in [2.75, 3.05) is 13.7 Å². The number of phenolic OH excluding ortho intramolecular Hbond substituents is 1. The average Bonchev–Trinajstić information content (AvgIpc) is 3.12. The Labute approximate surface area is 209 Å². The molecule has 1 heterocycles. The average molecular weight is 494 g/mol. The predicted octanol–water partition coefficient (Wildman–Crippen LogP) is 3.79. The van der Waals surface area contributed by atoms with Crippen LogP contribution in [0.15, 0.2) is 53.1 Å². The number of hydrogen-bond acceptors (Lipinski definition) is 7. The number of imide groups is 3. The zero-order valence-corrected chi connectivity index (χ0v) is 20.6. The van der Waals surface area contributed by atoms with Gasteiger partial charge >= 0.3 is 6.09 Å². The van der Waals surface area contributed by atoms with E-state index in [-0.39, 0.29) is 12.2 Å². The molecule has 1 aliphatic heterocycles. The second-order valence-corrected chi connectivity index (χ2v) is 9.61. The molecule has 8 heteroatoms. The van der Waals surface area contributed by atoms with E-state index in [4.69, 9.17) is 0 Å². The van der Waals surface area contributed by atoms with Gasteiger partial charge in [-0.05, 0) is 55.7 Å². The minimum atomic E-state index is -1.03. The summed E-state index contributed by atoms with van der Waals surface area (Å²) in [6.45, 7) is 3.33. The van der Waals surface area contributed by atoms with Gasteiger partial charge in [-0.25, -0.2) is 4.79 Å². The Morgan fingerprint density at radius 3 is 2.53 bits per heavy atom. The molecule has 1 saturated heterocycles. The van der Waals surface area contributed by atoms with E-state index in [0.717, 1.165) is 34.6 Å². The topological polar surface area (TPSA) is 124 Å². The standard InChI is InChI=1S/C28H31NO7/c1-15(12-17-9-11-22(31)19-7-5-4-6-18(17)19)8-10-23(32)24-16(2)13-20-25(21(24)14-30)27(34)29(26(20)33)28(35)36-3/h4-7,9,11-12,20-21,23,25,30-32H,8,10,13-14H2,1-3H3/b15-12+/t20-,21+,23-,25-/m1/s1. The van der Waals surface area contributed by atoms with Crippen molar-refractivity contribution in [1.82, 2.24) is 4.90 Å². The van der Waals surface area contributed by atoms with Crippen molar-refractivity contribution in [3.05, 3.63) is 58.7 Å². The Morgan fingerprint density at radius 1 is 1.17 bits per heavy atom. The van der Waals surface area contributed by atoms with Crippen LogP contribution in [0, 0.1) is 17.8 Å². The van der Waals surface area contributed by atoms with Crippen molar-refractivity contribution < 1.29 is 34.4 Å². The van der Waals surface area contributed by atoms with Crippen LogP contribution in [0.5, 0.6) is 5.75 Å². The Kier molecular flexibility index (Phi) is 7.28. The molecule has 36 heavy (non-hydrogen) atoms. The van der Waals surface area contributed by atoms with E-state index in [9.17, 15) is 29.7 Å². The fourth-order valence-corrected chi connectivity index (χ4v) is 5.68. The summed E-state index contributed by atoms with van der Waals surface area (Å²) in [7, 11) is 1.10. The van der Waals surface area contributed by atoms with Crippen LogP contribution < -0.4 is 0 Å². The number of benzene rings is 2. The number of rotatable bonds is 6. The summed E-state index contributed by atoms with van der Waals surface area (Å²) in [5.74, 6) is -3.51. The molecule has 2 aromatic rings. The predicted molar refractivity (Wildman–Crippen MR) is 134 cm³/mol. The van der Waals surface area contributed by atoms with Gasteiger partial charge in [-0.15, -0.1) is 0 Å². The van der Waals surface area contributed by atoms with Gasteiger partial charge in [-0.2, -0.15) is 4.90 Å². The lowest BCUT2D eigenvalue weighted by Gasteiger charge is -2.35. The maximum atomic E-state index is 13.0. The third-order valence-corrected chi connectivity index (χ3v) is 7.39. The first-order valence-corrected chi connectivity index (χ1v) is 12.0. The van der Waals surface area contributed by atoms with Gasteiger partial charge in [0.15, 0.2) is 0 Å². The number of nitrogens with zero attached hydrogens (tertiary/aromatic N) is 1. The number of carbonyl (C=O) groups excluding carboxylic acids is 3. The highest BCUT2D eigenvalue weighted by atomic mass is 16.5. The summed E-state index contributed by atoms with van der Waals surface area (Å²) in [4.78, 5) is 38.2. The van der Waals surface area contributed by atoms with Crippen LogP contribution in [0.4, 0.5) is 4.79 Å². The first kappa shape index (κ1) is 25.6. The number of aliphatic hydroxyl groups excluding tert-OH is 2. The number of aliphatic hydroxyl groups is 2. The summed E-state index contributed by atoms with van der Waals surface area (Å²) in [5, 5.41) is 33.1. The molecule has 0 bridgehead atoms. The molecule has 0 spiro atoms. The lowest BCUT2D eigenvalue weighted by atomic mass is 9.68. The molecule has 4 atom stereocenters. The first-order chi connectivity index (χ1) is 17.2. The number of carbonyl (C=O) groups is 3. The molecule has 0 unspecified atom stereocenters. The molecular weight excluding hydrogens is 462 g/mol. The molecule has 0 radical (unpaired) electrons. The highest BCUT2D eigenvalue weighted by Crippen LogP contribution is 2.46. The Bertz CT molecular complexity index is 1280. The third-order valence-electron chi connectivity index (χ3n) is 7.39. The third kappa shape index (κ3) is 4.42. The lowest BCUT2D eigenvalue weighted by molar-refractivity contribution is -0.137. The molecule has 3 N–H and O–H groups in total. The second-order valence-electron chi connectivity index (χ2n) is 9.61. The number of phenols is 1.